The van der Waals surface area contributed by atoms with Gasteiger partial charge >= 0.3 is 6.18 Å². The third-order valence-electron chi connectivity index (χ3n) is 5.28. The van der Waals surface area contributed by atoms with Gasteiger partial charge in [0.2, 0.25) is 0 Å². The minimum Gasteiger partial charge on any atom is -0.342 e. The molecule has 0 aliphatic rings. The number of anilines is 1. The first kappa shape index (κ1) is 27.3. The van der Waals surface area contributed by atoms with Crippen LogP contribution in [0.2, 0.25) is 5.02 Å². The number of rotatable bonds is 8. The second-order valence-corrected chi connectivity index (χ2v) is 9.86. The van der Waals surface area contributed by atoms with E-state index < -0.39 is 34.6 Å². The van der Waals surface area contributed by atoms with Crippen molar-refractivity contribution in [1.29, 1.82) is 0 Å². The SMILES string of the molecule is CC(NC(=O)c1ncnc2c1cnn2CCN(C)C)c1ncc(C(=O)Nc2cc(C(F)(F)F)c(Cl)cn2)s1. The molecule has 16 heteroatoms. The number of alkyl halides is 3. The van der Waals surface area contributed by atoms with Gasteiger partial charge in [-0.05, 0) is 27.1 Å². The summed E-state index contributed by atoms with van der Waals surface area (Å²) in [7, 11) is 3.87. The van der Waals surface area contributed by atoms with Gasteiger partial charge in [-0.3, -0.25) is 9.59 Å². The Balaban J connectivity index is 1.44. The van der Waals surface area contributed by atoms with E-state index in [1.165, 1.54) is 18.7 Å². The summed E-state index contributed by atoms with van der Waals surface area (Å²) in [5.74, 6) is -1.51. The molecular formula is C22H21ClF3N9O2S. The molecular weight excluding hydrogens is 547 g/mol. The number of hydrogen-bond donors (Lipinski definition) is 2. The number of thiazole rings is 1. The summed E-state index contributed by atoms with van der Waals surface area (Å²) in [6, 6.07) is 0.0456. The van der Waals surface area contributed by atoms with Crippen LogP contribution in [0.5, 0.6) is 0 Å². The lowest BCUT2D eigenvalue weighted by Crippen LogP contribution is -2.27. The molecule has 0 saturated carbocycles. The Bertz CT molecular complexity index is 1490. The molecule has 0 aromatic carbocycles. The molecule has 0 aliphatic heterocycles. The number of carbonyl (C=O) groups is 2. The molecule has 11 nitrogen and oxygen atoms in total. The van der Waals surface area contributed by atoms with E-state index in [9.17, 15) is 22.8 Å². The third kappa shape index (κ3) is 6.06. The minimum absolute atomic E-state index is 0.109. The van der Waals surface area contributed by atoms with Crippen LogP contribution in [0.4, 0.5) is 19.0 Å². The molecule has 2 amide bonds. The number of hydrogen-bond acceptors (Lipinski definition) is 9. The van der Waals surface area contributed by atoms with Crippen molar-refractivity contribution in [3.05, 3.63) is 57.1 Å². The highest BCUT2D eigenvalue weighted by Gasteiger charge is 2.34. The van der Waals surface area contributed by atoms with E-state index in [2.05, 4.69) is 35.7 Å². The first-order valence-corrected chi connectivity index (χ1v) is 12.3. The Morgan fingerprint density at radius 2 is 1.89 bits per heavy atom. The van der Waals surface area contributed by atoms with Gasteiger partial charge in [-0.1, -0.05) is 11.6 Å². The summed E-state index contributed by atoms with van der Waals surface area (Å²) in [5.41, 5.74) is -0.452. The molecule has 4 rings (SSSR count). The molecule has 38 heavy (non-hydrogen) atoms. The molecule has 1 atom stereocenters. The number of carbonyl (C=O) groups excluding carboxylic acids is 2. The summed E-state index contributed by atoms with van der Waals surface area (Å²) < 4.78 is 40.9. The van der Waals surface area contributed by atoms with Crippen LogP contribution in [-0.4, -0.2) is 67.1 Å². The summed E-state index contributed by atoms with van der Waals surface area (Å²) in [6.07, 6.45) is 0.189. The van der Waals surface area contributed by atoms with Gasteiger partial charge in [0.25, 0.3) is 11.8 Å². The van der Waals surface area contributed by atoms with Crippen LogP contribution >= 0.6 is 22.9 Å². The molecule has 0 aliphatic carbocycles. The number of pyridine rings is 1. The monoisotopic (exact) mass is 567 g/mol. The number of likely N-dealkylation sites (N-methyl/N-ethyl adjacent to an activating group) is 1. The zero-order chi connectivity index (χ0) is 27.6. The first-order chi connectivity index (χ1) is 17.9. The number of fused-ring (bicyclic) bond motifs is 1. The van der Waals surface area contributed by atoms with E-state index in [-0.39, 0.29) is 16.4 Å². The maximum atomic E-state index is 13.1. The van der Waals surface area contributed by atoms with Crippen molar-refractivity contribution >= 4 is 51.6 Å². The summed E-state index contributed by atoms with van der Waals surface area (Å²) >= 11 is 6.53. The van der Waals surface area contributed by atoms with Gasteiger partial charge in [-0.2, -0.15) is 18.3 Å². The molecule has 200 valence electrons. The molecule has 4 aromatic rings. The zero-order valence-electron chi connectivity index (χ0n) is 20.2. The predicted molar refractivity (Wildman–Crippen MR) is 134 cm³/mol. The highest BCUT2D eigenvalue weighted by Crippen LogP contribution is 2.35. The maximum Gasteiger partial charge on any atom is 0.418 e. The van der Waals surface area contributed by atoms with Crippen molar-refractivity contribution < 1.29 is 22.8 Å². The van der Waals surface area contributed by atoms with Gasteiger partial charge in [0.15, 0.2) is 5.65 Å². The Morgan fingerprint density at radius 1 is 1.13 bits per heavy atom. The molecule has 0 bridgehead atoms. The van der Waals surface area contributed by atoms with Crippen LogP contribution in [0.3, 0.4) is 0 Å². The lowest BCUT2D eigenvalue weighted by Gasteiger charge is -2.12. The largest absolute Gasteiger partial charge is 0.418 e. The van der Waals surface area contributed by atoms with Crippen molar-refractivity contribution in [2.75, 3.05) is 26.0 Å². The first-order valence-electron chi connectivity index (χ1n) is 11.1. The zero-order valence-corrected chi connectivity index (χ0v) is 21.8. The number of halogens is 4. The minimum atomic E-state index is -4.70. The van der Waals surface area contributed by atoms with Crippen molar-refractivity contribution in [3.63, 3.8) is 0 Å². The molecule has 1 unspecified atom stereocenters. The normalized spacial score (nSPS) is 12.6. The van der Waals surface area contributed by atoms with Crippen molar-refractivity contribution in [2.45, 2.75) is 25.7 Å². The highest BCUT2D eigenvalue weighted by atomic mass is 35.5. The fraction of sp³-hybridized carbons (Fsp3) is 0.318. The van der Waals surface area contributed by atoms with Crippen LogP contribution in [-0.2, 0) is 12.7 Å². The van der Waals surface area contributed by atoms with Gasteiger partial charge in [0.1, 0.15) is 27.7 Å². The molecule has 4 aromatic heterocycles. The van der Waals surface area contributed by atoms with Gasteiger partial charge < -0.3 is 15.5 Å². The van der Waals surface area contributed by atoms with Gasteiger partial charge in [0, 0.05) is 12.7 Å². The Labute approximate surface area is 223 Å². The summed E-state index contributed by atoms with van der Waals surface area (Å²) in [4.78, 5) is 43.9. The summed E-state index contributed by atoms with van der Waals surface area (Å²) in [6.45, 7) is 2.99. The van der Waals surface area contributed by atoms with E-state index in [1.54, 1.807) is 11.6 Å². The van der Waals surface area contributed by atoms with Crippen LogP contribution in [0, 0.1) is 0 Å². The molecule has 0 radical (unpaired) electrons. The van der Waals surface area contributed by atoms with Crippen LogP contribution in [0.25, 0.3) is 11.0 Å². The van der Waals surface area contributed by atoms with E-state index in [1.807, 2.05) is 19.0 Å². The van der Waals surface area contributed by atoms with E-state index in [4.69, 9.17) is 11.6 Å². The van der Waals surface area contributed by atoms with Crippen LogP contribution in [0.15, 0.2) is 31.0 Å². The Morgan fingerprint density at radius 3 is 2.61 bits per heavy atom. The van der Waals surface area contributed by atoms with Crippen molar-refractivity contribution in [3.8, 4) is 0 Å². The number of aromatic nitrogens is 6. The molecule has 2 N–H and O–H groups in total. The quantitative estimate of drug-likeness (QED) is 0.330. The van der Waals surface area contributed by atoms with Gasteiger partial charge in [-0.15, -0.1) is 11.3 Å². The van der Waals surface area contributed by atoms with Crippen molar-refractivity contribution in [1.82, 2.24) is 39.9 Å². The standard InChI is InChI=1S/C22H21ClF3N9O2S/c1-11(32-20(37)17-12-7-31-35(5-4-34(2)3)18(12)30-10-29-17)21-28-9-15(38-21)19(36)33-16-6-13(22(24,25)26)14(23)8-27-16/h6-11H,4-5H2,1-3H3,(H,32,37)(H,27,33,36). The molecule has 0 saturated heterocycles. The third-order valence-corrected chi connectivity index (χ3v) is 6.76. The summed E-state index contributed by atoms with van der Waals surface area (Å²) in [5, 5.41) is 9.70. The van der Waals surface area contributed by atoms with E-state index >= 15 is 0 Å². The second-order valence-electron chi connectivity index (χ2n) is 8.39. The predicted octanol–water partition coefficient (Wildman–Crippen LogP) is 3.65. The second kappa shape index (κ2) is 11.0. The molecule has 0 fully saturated rings. The fourth-order valence-corrected chi connectivity index (χ4v) is 4.38. The van der Waals surface area contributed by atoms with E-state index in [0.29, 0.717) is 28.7 Å². The average Bonchev–Trinajstić information content (AvgIpc) is 3.51. The van der Waals surface area contributed by atoms with Crippen molar-refractivity contribution in [2.24, 2.45) is 0 Å². The Kier molecular flexibility index (Phi) is 7.89. The number of nitrogens with zero attached hydrogens (tertiary/aromatic N) is 7. The smallest absolute Gasteiger partial charge is 0.342 e. The topological polar surface area (TPSA) is 131 Å². The van der Waals surface area contributed by atoms with Gasteiger partial charge in [0.05, 0.1) is 41.0 Å². The lowest BCUT2D eigenvalue weighted by molar-refractivity contribution is -0.137. The highest BCUT2D eigenvalue weighted by molar-refractivity contribution is 7.13. The molecule has 0 spiro atoms. The Hall–Kier alpha value is -3.69. The van der Waals surface area contributed by atoms with E-state index in [0.717, 1.165) is 24.1 Å². The van der Waals surface area contributed by atoms with Crippen LogP contribution < -0.4 is 10.6 Å². The maximum absolute atomic E-state index is 13.1. The fourth-order valence-electron chi connectivity index (χ4n) is 3.35. The molecule has 4 heterocycles. The van der Waals surface area contributed by atoms with Crippen LogP contribution in [0.1, 0.15) is 43.7 Å². The average molecular weight is 568 g/mol. The number of nitrogens with one attached hydrogen (secondary N) is 2. The lowest BCUT2D eigenvalue weighted by atomic mass is 10.2. The van der Waals surface area contributed by atoms with Gasteiger partial charge in [-0.25, -0.2) is 24.6 Å². The number of amides is 2.